The number of rotatable bonds is 7. The summed E-state index contributed by atoms with van der Waals surface area (Å²) in [5, 5.41) is 4.47. The monoisotopic (exact) mass is 481 g/mol. The Bertz CT molecular complexity index is 1300. The van der Waals surface area contributed by atoms with Gasteiger partial charge in [0.2, 0.25) is 15.9 Å². The van der Waals surface area contributed by atoms with Gasteiger partial charge in [0.25, 0.3) is 5.91 Å². The number of para-hydroxylation sites is 1. The summed E-state index contributed by atoms with van der Waals surface area (Å²) in [4.78, 5) is 27.0. The molecule has 1 saturated heterocycles. The number of piperazine rings is 1. The minimum Gasteiger partial charge on any atom is -0.493 e. The van der Waals surface area contributed by atoms with Crippen LogP contribution in [-0.4, -0.2) is 68.8 Å². The number of hydrogen-bond donors (Lipinski definition) is 1. The Labute approximate surface area is 199 Å². The van der Waals surface area contributed by atoms with Crippen molar-refractivity contribution in [2.75, 3.05) is 39.3 Å². The van der Waals surface area contributed by atoms with Crippen LogP contribution in [0.15, 0.2) is 71.6 Å². The lowest BCUT2D eigenvalue weighted by atomic mass is 10.1. The van der Waals surface area contributed by atoms with Gasteiger partial charge in [0.15, 0.2) is 0 Å². The maximum atomic E-state index is 13.1. The number of nitrogens with zero attached hydrogens (tertiary/aromatic N) is 2. The molecule has 1 fully saturated rings. The van der Waals surface area contributed by atoms with Gasteiger partial charge < -0.3 is 15.0 Å². The van der Waals surface area contributed by atoms with E-state index in [9.17, 15) is 18.0 Å². The Hall–Kier alpha value is -3.43. The molecule has 3 aromatic rings. The van der Waals surface area contributed by atoms with Crippen LogP contribution in [0.3, 0.4) is 0 Å². The van der Waals surface area contributed by atoms with Crippen LogP contribution in [0.25, 0.3) is 10.8 Å². The molecule has 0 atom stereocenters. The Morgan fingerprint density at radius 2 is 1.59 bits per heavy atom. The molecule has 2 amide bonds. The molecule has 8 nitrogen and oxygen atoms in total. The third-order valence-corrected chi connectivity index (χ3v) is 7.68. The van der Waals surface area contributed by atoms with Crippen LogP contribution in [-0.2, 0) is 14.8 Å². The predicted octanol–water partition coefficient (Wildman–Crippen LogP) is 2.50. The number of fused-ring (bicyclic) bond motifs is 1. The number of hydrogen-bond acceptors (Lipinski definition) is 5. The molecule has 0 unspecified atom stereocenters. The van der Waals surface area contributed by atoms with Crippen molar-refractivity contribution in [2.45, 2.75) is 11.8 Å². The zero-order valence-corrected chi connectivity index (χ0v) is 19.8. The average Bonchev–Trinajstić information content (AvgIpc) is 2.87. The third kappa shape index (κ3) is 5.05. The summed E-state index contributed by atoms with van der Waals surface area (Å²) in [6.45, 7) is 3.00. The van der Waals surface area contributed by atoms with E-state index < -0.39 is 15.9 Å². The normalized spacial score (nSPS) is 14.7. The van der Waals surface area contributed by atoms with Gasteiger partial charge in [0.05, 0.1) is 23.6 Å². The van der Waals surface area contributed by atoms with Gasteiger partial charge in [0, 0.05) is 26.2 Å². The number of carbonyl (C=O) groups is 2. The Kier molecular flexibility index (Phi) is 7.14. The topological polar surface area (TPSA) is 96.0 Å². The van der Waals surface area contributed by atoms with Gasteiger partial charge >= 0.3 is 0 Å². The molecular formula is C25H27N3O5S. The molecule has 0 bridgehead atoms. The maximum absolute atomic E-state index is 13.1. The minimum absolute atomic E-state index is 0.170. The van der Waals surface area contributed by atoms with Crippen molar-refractivity contribution in [2.24, 2.45) is 0 Å². The summed E-state index contributed by atoms with van der Waals surface area (Å²) in [7, 11) is -3.66. The highest BCUT2D eigenvalue weighted by molar-refractivity contribution is 7.89. The van der Waals surface area contributed by atoms with Gasteiger partial charge in [-0.25, -0.2) is 8.42 Å². The highest BCUT2D eigenvalue weighted by Crippen LogP contribution is 2.23. The van der Waals surface area contributed by atoms with Gasteiger partial charge in [-0.3, -0.25) is 9.59 Å². The number of nitrogens with one attached hydrogen (secondary N) is 1. The van der Waals surface area contributed by atoms with E-state index in [1.807, 2.05) is 31.2 Å². The lowest BCUT2D eigenvalue weighted by Gasteiger charge is -2.34. The zero-order chi connectivity index (χ0) is 24.1. The Morgan fingerprint density at radius 3 is 2.32 bits per heavy atom. The molecule has 0 aromatic heterocycles. The number of amides is 2. The number of sulfonamides is 1. The molecule has 3 aromatic carbocycles. The molecule has 9 heteroatoms. The molecule has 4 rings (SSSR count). The smallest absolute Gasteiger partial charge is 0.255 e. The van der Waals surface area contributed by atoms with Gasteiger partial charge in [-0.05, 0) is 42.0 Å². The van der Waals surface area contributed by atoms with Crippen LogP contribution in [0, 0.1) is 0 Å². The highest BCUT2D eigenvalue weighted by atomic mass is 32.2. The van der Waals surface area contributed by atoms with Crippen molar-refractivity contribution in [1.29, 1.82) is 0 Å². The van der Waals surface area contributed by atoms with Crippen molar-refractivity contribution >= 4 is 32.6 Å². The molecular weight excluding hydrogens is 454 g/mol. The van der Waals surface area contributed by atoms with Crippen molar-refractivity contribution in [3.63, 3.8) is 0 Å². The van der Waals surface area contributed by atoms with E-state index in [4.69, 9.17) is 4.74 Å². The van der Waals surface area contributed by atoms with E-state index in [-0.39, 0.29) is 43.5 Å². The second kappa shape index (κ2) is 10.2. The number of ether oxygens (including phenoxy) is 1. The molecule has 1 aliphatic heterocycles. The van der Waals surface area contributed by atoms with Crippen molar-refractivity contribution < 1.29 is 22.7 Å². The van der Waals surface area contributed by atoms with Crippen LogP contribution < -0.4 is 10.1 Å². The molecule has 0 aliphatic carbocycles. The lowest BCUT2D eigenvalue weighted by molar-refractivity contribution is -0.131. The van der Waals surface area contributed by atoms with Crippen molar-refractivity contribution in [3.8, 4) is 5.75 Å². The SMILES string of the molecule is CCOc1ccccc1C(=O)NCC(=O)N1CCN(S(=O)(=O)c2ccc3ccccc3c2)CC1. The van der Waals surface area contributed by atoms with E-state index in [1.165, 1.54) is 4.31 Å². The van der Waals surface area contributed by atoms with Crippen LogP contribution in [0.5, 0.6) is 5.75 Å². The highest BCUT2D eigenvalue weighted by Gasteiger charge is 2.30. The summed E-state index contributed by atoms with van der Waals surface area (Å²) >= 11 is 0. The molecule has 0 radical (unpaired) electrons. The first-order valence-corrected chi connectivity index (χ1v) is 12.6. The molecule has 0 saturated carbocycles. The first-order valence-electron chi connectivity index (χ1n) is 11.2. The maximum Gasteiger partial charge on any atom is 0.255 e. The minimum atomic E-state index is -3.66. The van der Waals surface area contributed by atoms with Crippen LogP contribution in [0.1, 0.15) is 17.3 Å². The zero-order valence-electron chi connectivity index (χ0n) is 18.9. The fraction of sp³-hybridized carbons (Fsp3) is 0.280. The summed E-state index contributed by atoms with van der Waals surface area (Å²) < 4.78 is 33.1. The third-order valence-electron chi connectivity index (χ3n) is 5.78. The van der Waals surface area contributed by atoms with Crippen molar-refractivity contribution in [1.82, 2.24) is 14.5 Å². The first-order chi connectivity index (χ1) is 16.4. The second-order valence-electron chi connectivity index (χ2n) is 7.91. The van der Waals surface area contributed by atoms with Gasteiger partial charge in [-0.2, -0.15) is 4.31 Å². The molecule has 178 valence electrons. The lowest BCUT2D eigenvalue weighted by Crippen LogP contribution is -2.52. The second-order valence-corrected chi connectivity index (χ2v) is 9.84. The molecule has 1 aliphatic rings. The van der Waals surface area contributed by atoms with Crippen LogP contribution in [0.4, 0.5) is 0 Å². The van der Waals surface area contributed by atoms with Crippen LogP contribution in [0.2, 0.25) is 0 Å². The Balaban J connectivity index is 1.34. The van der Waals surface area contributed by atoms with E-state index in [0.717, 1.165) is 10.8 Å². The summed E-state index contributed by atoms with van der Waals surface area (Å²) in [6, 6.07) is 19.5. The first kappa shape index (κ1) is 23.7. The average molecular weight is 482 g/mol. The molecule has 0 spiro atoms. The quantitative estimate of drug-likeness (QED) is 0.559. The number of benzene rings is 3. The fourth-order valence-electron chi connectivity index (χ4n) is 3.95. The molecule has 34 heavy (non-hydrogen) atoms. The van der Waals surface area contributed by atoms with Gasteiger partial charge in [0.1, 0.15) is 5.75 Å². The largest absolute Gasteiger partial charge is 0.493 e. The van der Waals surface area contributed by atoms with Gasteiger partial charge in [-0.15, -0.1) is 0 Å². The fourth-order valence-corrected chi connectivity index (χ4v) is 5.41. The predicted molar refractivity (Wildman–Crippen MR) is 129 cm³/mol. The van der Waals surface area contributed by atoms with Gasteiger partial charge in [-0.1, -0.05) is 42.5 Å². The Morgan fingerprint density at radius 1 is 0.912 bits per heavy atom. The summed E-state index contributed by atoms with van der Waals surface area (Å²) in [5.41, 5.74) is 0.364. The van der Waals surface area contributed by atoms with Crippen molar-refractivity contribution in [3.05, 3.63) is 72.3 Å². The van der Waals surface area contributed by atoms with E-state index in [0.29, 0.717) is 17.9 Å². The molecule has 1 N–H and O–H groups in total. The van der Waals surface area contributed by atoms with Crippen LogP contribution >= 0.6 is 0 Å². The number of carbonyl (C=O) groups excluding carboxylic acids is 2. The van der Waals surface area contributed by atoms with E-state index in [1.54, 1.807) is 47.4 Å². The van der Waals surface area contributed by atoms with E-state index >= 15 is 0 Å². The molecule has 1 heterocycles. The summed E-state index contributed by atoms with van der Waals surface area (Å²) in [5.74, 6) is -0.192. The summed E-state index contributed by atoms with van der Waals surface area (Å²) in [6.07, 6.45) is 0. The standard InChI is InChI=1S/C25H27N3O5S/c1-2-33-23-10-6-5-9-22(23)25(30)26-18-24(29)27-13-15-28(16-14-27)34(31,32)21-12-11-19-7-3-4-8-20(19)17-21/h3-12,17H,2,13-16,18H2,1H3,(H,26,30). The van der Waals surface area contributed by atoms with E-state index in [2.05, 4.69) is 5.32 Å².